The van der Waals surface area contributed by atoms with Gasteiger partial charge in [-0.1, -0.05) is 45.1 Å². The van der Waals surface area contributed by atoms with E-state index in [0.29, 0.717) is 0 Å². The summed E-state index contributed by atoms with van der Waals surface area (Å²) in [7, 11) is 0. The van der Waals surface area contributed by atoms with Crippen LogP contribution < -0.4 is 0 Å². The molecule has 0 saturated carbocycles. The molecule has 1 atom stereocenters. The van der Waals surface area contributed by atoms with Crippen LogP contribution in [-0.2, 0) is 4.79 Å². The Hall–Kier alpha value is -0.790. The zero-order valence-electron chi connectivity index (χ0n) is 9.87. The number of aliphatic carboxylic acids is 1. The second-order valence-electron chi connectivity index (χ2n) is 4.10. The number of allylic oxidation sites excluding steroid dienone is 1. The second-order valence-corrected chi connectivity index (χ2v) is 4.10. The summed E-state index contributed by atoms with van der Waals surface area (Å²) in [6.45, 7) is 5.80. The lowest BCUT2D eigenvalue weighted by Gasteiger charge is -2.10. The normalized spacial score (nSPS) is 12.3. The largest absolute Gasteiger partial charge is 0.481 e. The van der Waals surface area contributed by atoms with Crippen LogP contribution in [-0.4, -0.2) is 11.1 Å². The average molecular weight is 212 g/mol. The van der Waals surface area contributed by atoms with Crippen LogP contribution in [0.2, 0.25) is 0 Å². The molecular formula is C13H24O2. The van der Waals surface area contributed by atoms with Gasteiger partial charge >= 0.3 is 5.97 Å². The summed E-state index contributed by atoms with van der Waals surface area (Å²) in [5.41, 5.74) is 0. The molecule has 0 bridgehead atoms. The van der Waals surface area contributed by atoms with Crippen molar-refractivity contribution < 1.29 is 9.90 Å². The third-order valence-corrected chi connectivity index (χ3v) is 2.72. The Labute approximate surface area is 93.4 Å². The summed E-state index contributed by atoms with van der Waals surface area (Å²) in [6, 6.07) is 0. The van der Waals surface area contributed by atoms with Crippen molar-refractivity contribution in [3.05, 3.63) is 12.7 Å². The standard InChI is InChI=1S/C13H24O2/c1-3-5-7-8-9-11-12(13(14)15)10-6-4-2/h4,12H,2-3,5-11H2,1H3,(H,14,15). The third kappa shape index (κ3) is 8.22. The smallest absolute Gasteiger partial charge is 0.306 e. The maximum Gasteiger partial charge on any atom is 0.306 e. The number of carbonyl (C=O) groups is 1. The second kappa shape index (κ2) is 9.75. The number of unbranched alkanes of at least 4 members (excludes halogenated alkanes) is 4. The topological polar surface area (TPSA) is 37.3 Å². The molecule has 0 aliphatic carbocycles. The molecule has 0 aromatic rings. The Morgan fingerprint density at radius 1 is 1.27 bits per heavy atom. The summed E-state index contributed by atoms with van der Waals surface area (Å²) in [5, 5.41) is 8.97. The van der Waals surface area contributed by atoms with Gasteiger partial charge in [0.05, 0.1) is 5.92 Å². The molecule has 0 rings (SSSR count). The van der Waals surface area contributed by atoms with Crippen LogP contribution in [0.4, 0.5) is 0 Å². The molecule has 0 aromatic carbocycles. The van der Waals surface area contributed by atoms with Gasteiger partial charge < -0.3 is 5.11 Å². The Balaban J connectivity index is 3.57. The first-order chi connectivity index (χ1) is 7.22. The van der Waals surface area contributed by atoms with Gasteiger partial charge in [-0.2, -0.15) is 0 Å². The lowest BCUT2D eigenvalue weighted by molar-refractivity contribution is -0.142. The minimum atomic E-state index is -0.646. The van der Waals surface area contributed by atoms with Crippen molar-refractivity contribution in [3.63, 3.8) is 0 Å². The average Bonchev–Trinajstić information content (AvgIpc) is 2.21. The van der Waals surface area contributed by atoms with Crippen LogP contribution in [0.15, 0.2) is 12.7 Å². The van der Waals surface area contributed by atoms with Gasteiger partial charge in [0.15, 0.2) is 0 Å². The highest BCUT2D eigenvalue weighted by atomic mass is 16.4. The Kier molecular flexibility index (Phi) is 9.24. The number of hydrogen-bond donors (Lipinski definition) is 1. The fourth-order valence-corrected chi connectivity index (χ4v) is 1.70. The van der Waals surface area contributed by atoms with Crippen molar-refractivity contribution in [2.75, 3.05) is 0 Å². The number of hydrogen-bond acceptors (Lipinski definition) is 1. The molecule has 0 heterocycles. The van der Waals surface area contributed by atoms with Gasteiger partial charge in [-0.3, -0.25) is 4.79 Å². The maximum absolute atomic E-state index is 10.9. The summed E-state index contributed by atoms with van der Waals surface area (Å²) in [6.07, 6.45) is 10.1. The predicted molar refractivity (Wildman–Crippen MR) is 63.9 cm³/mol. The zero-order chi connectivity index (χ0) is 11.5. The van der Waals surface area contributed by atoms with Crippen molar-refractivity contribution in [3.8, 4) is 0 Å². The van der Waals surface area contributed by atoms with E-state index in [1.807, 2.05) is 0 Å². The van der Waals surface area contributed by atoms with Crippen molar-refractivity contribution in [2.45, 2.75) is 58.3 Å². The van der Waals surface area contributed by atoms with E-state index >= 15 is 0 Å². The maximum atomic E-state index is 10.9. The molecule has 0 amide bonds. The molecule has 0 saturated heterocycles. The van der Waals surface area contributed by atoms with E-state index in [0.717, 1.165) is 25.7 Å². The lowest BCUT2D eigenvalue weighted by Crippen LogP contribution is -2.13. The molecule has 0 aromatic heterocycles. The van der Waals surface area contributed by atoms with E-state index in [1.54, 1.807) is 6.08 Å². The van der Waals surface area contributed by atoms with Crippen LogP contribution in [0.5, 0.6) is 0 Å². The molecule has 0 radical (unpaired) electrons. The quantitative estimate of drug-likeness (QED) is 0.439. The van der Waals surface area contributed by atoms with E-state index in [1.165, 1.54) is 25.7 Å². The highest BCUT2D eigenvalue weighted by molar-refractivity contribution is 5.69. The Bertz CT molecular complexity index is 175. The van der Waals surface area contributed by atoms with E-state index < -0.39 is 5.97 Å². The molecular weight excluding hydrogens is 188 g/mol. The predicted octanol–water partition coefficient (Wildman–Crippen LogP) is 4.01. The van der Waals surface area contributed by atoms with Gasteiger partial charge in [0, 0.05) is 0 Å². The summed E-state index contributed by atoms with van der Waals surface area (Å²) < 4.78 is 0. The van der Waals surface area contributed by atoms with Gasteiger partial charge in [-0.15, -0.1) is 6.58 Å². The SMILES string of the molecule is C=CCCC(CCCCCCC)C(=O)O. The molecule has 0 spiro atoms. The van der Waals surface area contributed by atoms with Gasteiger partial charge in [-0.05, 0) is 19.3 Å². The summed E-state index contributed by atoms with van der Waals surface area (Å²) >= 11 is 0. The first kappa shape index (κ1) is 14.2. The van der Waals surface area contributed by atoms with Crippen molar-refractivity contribution >= 4 is 5.97 Å². The minimum absolute atomic E-state index is 0.162. The molecule has 0 fully saturated rings. The van der Waals surface area contributed by atoms with Gasteiger partial charge in [0.2, 0.25) is 0 Å². The molecule has 1 N–H and O–H groups in total. The highest BCUT2D eigenvalue weighted by Crippen LogP contribution is 2.17. The molecule has 0 aliphatic heterocycles. The molecule has 2 heteroatoms. The fourth-order valence-electron chi connectivity index (χ4n) is 1.70. The Morgan fingerprint density at radius 3 is 2.47 bits per heavy atom. The van der Waals surface area contributed by atoms with Crippen LogP contribution in [0.3, 0.4) is 0 Å². The van der Waals surface area contributed by atoms with E-state index in [9.17, 15) is 4.79 Å². The highest BCUT2D eigenvalue weighted by Gasteiger charge is 2.15. The van der Waals surface area contributed by atoms with Gasteiger partial charge in [0.1, 0.15) is 0 Å². The van der Waals surface area contributed by atoms with Crippen LogP contribution in [0.1, 0.15) is 58.3 Å². The lowest BCUT2D eigenvalue weighted by atomic mass is 9.96. The van der Waals surface area contributed by atoms with Crippen LogP contribution >= 0.6 is 0 Å². The van der Waals surface area contributed by atoms with Gasteiger partial charge in [-0.25, -0.2) is 0 Å². The summed E-state index contributed by atoms with van der Waals surface area (Å²) in [5.74, 6) is -0.808. The Morgan fingerprint density at radius 2 is 1.93 bits per heavy atom. The van der Waals surface area contributed by atoms with Crippen molar-refractivity contribution in [1.29, 1.82) is 0 Å². The fraction of sp³-hybridized carbons (Fsp3) is 0.769. The van der Waals surface area contributed by atoms with Crippen LogP contribution in [0, 0.1) is 5.92 Å². The number of carboxylic acid groups (broad SMARTS) is 1. The summed E-state index contributed by atoms with van der Waals surface area (Å²) in [4.78, 5) is 10.9. The molecule has 1 unspecified atom stereocenters. The van der Waals surface area contributed by atoms with E-state index in [4.69, 9.17) is 5.11 Å². The molecule has 15 heavy (non-hydrogen) atoms. The minimum Gasteiger partial charge on any atom is -0.481 e. The van der Waals surface area contributed by atoms with Crippen molar-refractivity contribution in [1.82, 2.24) is 0 Å². The molecule has 2 nitrogen and oxygen atoms in total. The van der Waals surface area contributed by atoms with Crippen molar-refractivity contribution in [2.24, 2.45) is 5.92 Å². The molecule has 0 aliphatic rings. The first-order valence-electron chi connectivity index (χ1n) is 6.06. The number of carboxylic acids is 1. The first-order valence-corrected chi connectivity index (χ1v) is 6.06. The van der Waals surface area contributed by atoms with Gasteiger partial charge in [0.25, 0.3) is 0 Å². The van der Waals surface area contributed by atoms with E-state index in [2.05, 4.69) is 13.5 Å². The van der Waals surface area contributed by atoms with Crippen LogP contribution in [0.25, 0.3) is 0 Å². The van der Waals surface area contributed by atoms with E-state index in [-0.39, 0.29) is 5.92 Å². The molecule has 88 valence electrons. The number of rotatable bonds is 10. The third-order valence-electron chi connectivity index (χ3n) is 2.72. The monoisotopic (exact) mass is 212 g/mol. The zero-order valence-corrected chi connectivity index (χ0v) is 9.87.